The Bertz CT molecular complexity index is 869. The molecule has 136 valence electrons. The quantitative estimate of drug-likeness (QED) is 0.679. The highest BCUT2D eigenvalue weighted by molar-refractivity contribution is 6.31. The van der Waals surface area contributed by atoms with Gasteiger partial charge in [0, 0.05) is 41.8 Å². The van der Waals surface area contributed by atoms with Crippen molar-refractivity contribution in [1.82, 2.24) is 9.88 Å². The van der Waals surface area contributed by atoms with Gasteiger partial charge in [0.25, 0.3) is 0 Å². The number of nitrogens with zero attached hydrogens (tertiary/aromatic N) is 1. The highest BCUT2D eigenvalue weighted by Gasteiger charge is 2.20. The maximum absolute atomic E-state index is 13.0. The molecule has 0 unspecified atom stereocenters. The maximum Gasteiger partial charge on any atom is 0.123 e. The Morgan fingerprint density at radius 1 is 1.12 bits per heavy atom. The Labute approximate surface area is 157 Å². The Hall–Kier alpha value is -2.04. The minimum absolute atomic E-state index is 0.212. The van der Waals surface area contributed by atoms with Gasteiger partial charge < -0.3 is 14.6 Å². The molecule has 4 rings (SSSR count). The van der Waals surface area contributed by atoms with Crippen LogP contribution in [0, 0.1) is 5.82 Å². The predicted molar refractivity (Wildman–Crippen MR) is 104 cm³/mol. The summed E-state index contributed by atoms with van der Waals surface area (Å²) in [5.74, 6) is 0.520. The van der Waals surface area contributed by atoms with Crippen molar-refractivity contribution >= 4 is 22.5 Å². The maximum atomic E-state index is 13.0. The zero-order valence-electron chi connectivity index (χ0n) is 14.6. The lowest BCUT2D eigenvalue weighted by atomic mass is 10.1. The number of piperidine rings is 1. The summed E-state index contributed by atoms with van der Waals surface area (Å²) in [5, 5.41) is 1.99. The Morgan fingerprint density at radius 2 is 1.88 bits per heavy atom. The number of likely N-dealkylation sites (tertiary alicyclic amines) is 1. The fourth-order valence-corrected chi connectivity index (χ4v) is 3.76. The molecule has 1 saturated heterocycles. The Balaban J connectivity index is 1.28. The molecule has 2 aromatic carbocycles. The number of aromatic nitrogens is 1. The van der Waals surface area contributed by atoms with Gasteiger partial charge in [0.15, 0.2) is 0 Å². The van der Waals surface area contributed by atoms with E-state index in [9.17, 15) is 4.39 Å². The summed E-state index contributed by atoms with van der Waals surface area (Å²) >= 11 is 6.13. The normalized spacial score (nSPS) is 16.2. The number of hydrogen-bond acceptors (Lipinski definition) is 2. The Morgan fingerprint density at radius 3 is 2.65 bits per heavy atom. The van der Waals surface area contributed by atoms with Crippen LogP contribution in [0.1, 0.15) is 18.4 Å². The number of benzene rings is 2. The molecule has 1 aromatic heterocycles. The average molecular weight is 373 g/mol. The van der Waals surface area contributed by atoms with Crippen LogP contribution >= 0.6 is 11.6 Å². The molecule has 0 amide bonds. The van der Waals surface area contributed by atoms with Crippen LogP contribution in [-0.2, 0) is 6.42 Å². The van der Waals surface area contributed by atoms with Crippen molar-refractivity contribution in [3.63, 3.8) is 0 Å². The van der Waals surface area contributed by atoms with Crippen LogP contribution in [0.15, 0.2) is 48.7 Å². The standard InChI is InChI=1S/C21H22ClFN2O/c22-16-1-6-21-20(13-16)15(14-24-21)7-10-25-11-8-19(9-12-25)26-18-4-2-17(23)3-5-18/h1-6,13-14,19,24H,7-12H2. The highest BCUT2D eigenvalue weighted by atomic mass is 35.5. The molecule has 5 heteroatoms. The first-order valence-corrected chi connectivity index (χ1v) is 9.45. The molecule has 0 saturated carbocycles. The molecule has 0 atom stereocenters. The van der Waals surface area contributed by atoms with Crippen molar-refractivity contribution in [2.75, 3.05) is 19.6 Å². The SMILES string of the molecule is Fc1ccc(OC2CCN(CCc3c[nH]c4ccc(Cl)cc34)CC2)cc1. The van der Waals surface area contributed by atoms with Crippen molar-refractivity contribution in [3.05, 3.63) is 65.1 Å². The molecule has 1 fully saturated rings. The van der Waals surface area contributed by atoms with Gasteiger partial charge >= 0.3 is 0 Å². The minimum Gasteiger partial charge on any atom is -0.490 e. The lowest BCUT2D eigenvalue weighted by molar-refractivity contribution is 0.101. The summed E-state index contributed by atoms with van der Waals surface area (Å²) in [6.07, 6.45) is 5.30. The van der Waals surface area contributed by atoms with Gasteiger partial charge in [0.2, 0.25) is 0 Å². The van der Waals surface area contributed by atoms with E-state index in [1.54, 1.807) is 12.1 Å². The van der Waals surface area contributed by atoms with Crippen LogP contribution in [0.5, 0.6) is 5.75 Å². The van der Waals surface area contributed by atoms with Crippen LogP contribution in [0.3, 0.4) is 0 Å². The molecule has 0 aliphatic carbocycles. The third-order valence-corrected chi connectivity index (χ3v) is 5.31. The van der Waals surface area contributed by atoms with E-state index < -0.39 is 0 Å². The van der Waals surface area contributed by atoms with Gasteiger partial charge in [-0.15, -0.1) is 0 Å². The largest absolute Gasteiger partial charge is 0.490 e. The van der Waals surface area contributed by atoms with E-state index in [1.165, 1.54) is 23.1 Å². The third-order valence-electron chi connectivity index (χ3n) is 5.08. The van der Waals surface area contributed by atoms with Crippen molar-refractivity contribution in [1.29, 1.82) is 0 Å². The molecule has 1 aliphatic rings. The van der Waals surface area contributed by atoms with Crippen LogP contribution < -0.4 is 4.74 Å². The number of rotatable bonds is 5. The van der Waals surface area contributed by atoms with E-state index in [-0.39, 0.29) is 11.9 Å². The van der Waals surface area contributed by atoms with E-state index in [1.807, 2.05) is 18.2 Å². The lowest BCUT2D eigenvalue weighted by Gasteiger charge is -2.32. The molecule has 26 heavy (non-hydrogen) atoms. The van der Waals surface area contributed by atoms with Gasteiger partial charge in [-0.1, -0.05) is 11.6 Å². The van der Waals surface area contributed by atoms with Gasteiger partial charge in [-0.05, 0) is 67.3 Å². The molecular weight excluding hydrogens is 351 g/mol. The van der Waals surface area contributed by atoms with Crippen molar-refractivity contribution in [2.24, 2.45) is 0 Å². The van der Waals surface area contributed by atoms with Crippen molar-refractivity contribution < 1.29 is 9.13 Å². The predicted octanol–water partition coefficient (Wildman–Crippen LogP) is 5.05. The van der Waals surface area contributed by atoms with Crippen molar-refractivity contribution in [2.45, 2.75) is 25.4 Å². The zero-order valence-corrected chi connectivity index (χ0v) is 15.3. The Kier molecular flexibility index (Phi) is 5.14. The molecule has 2 heterocycles. The van der Waals surface area contributed by atoms with E-state index >= 15 is 0 Å². The van der Waals surface area contributed by atoms with Crippen molar-refractivity contribution in [3.8, 4) is 5.75 Å². The smallest absolute Gasteiger partial charge is 0.123 e. The second-order valence-electron chi connectivity index (χ2n) is 6.87. The summed E-state index contributed by atoms with van der Waals surface area (Å²) in [6, 6.07) is 12.3. The van der Waals surface area contributed by atoms with Crippen LogP contribution in [0.4, 0.5) is 4.39 Å². The number of fused-ring (bicyclic) bond motifs is 1. The summed E-state index contributed by atoms with van der Waals surface area (Å²) in [4.78, 5) is 5.80. The molecule has 3 nitrogen and oxygen atoms in total. The second-order valence-corrected chi connectivity index (χ2v) is 7.30. The lowest BCUT2D eigenvalue weighted by Crippen LogP contribution is -2.39. The van der Waals surface area contributed by atoms with Gasteiger partial charge in [0.05, 0.1) is 0 Å². The van der Waals surface area contributed by atoms with E-state index in [0.717, 1.165) is 55.2 Å². The molecular formula is C21H22ClFN2O. The summed E-state index contributed by atoms with van der Waals surface area (Å²) < 4.78 is 18.9. The first-order valence-electron chi connectivity index (χ1n) is 9.07. The van der Waals surface area contributed by atoms with Gasteiger partial charge in [0.1, 0.15) is 17.7 Å². The molecule has 3 aromatic rings. The van der Waals surface area contributed by atoms with E-state index in [2.05, 4.69) is 16.1 Å². The number of halogens is 2. The topological polar surface area (TPSA) is 28.3 Å². The molecule has 0 radical (unpaired) electrons. The van der Waals surface area contributed by atoms with Gasteiger partial charge in [-0.2, -0.15) is 0 Å². The van der Waals surface area contributed by atoms with Gasteiger partial charge in [-0.25, -0.2) is 4.39 Å². The number of aromatic amines is 1. The fraction of sp³-hybridized carbons (Fsp3) is 0.333. The van der Waals surface area contributed by atoms with Crippen LogP contribution in [0.25, 0.3) is 10.9 Å². The second kappa shape index (κ2) is 7.68. The summed E-state index contributed by atoms with van der Waals surface area (Å²) in [6.45, 7) is 3.08. The molecule has 1 aliphatic heterocycles. The molecule has 1 N–H and O–H groups in total. The number of H-pyrrole nitrogens is 1. The number of hydrogen-bond donors (Lipinski definition) is 1. The average Bonchev–Trinajstić information content (AvgIpc) is 3.05. The van der Waals surface area contributed by atoms with Gasteiger partial charge in [-0.3, -0.25) is 0 Å². The fourth-order valence-electron chi connectivity index (χ4n) is 3.59. The third kappa shape index (κ3) is 4.02. The first kappa shape index (κ1) is 17.4. The summed E-state index contributed by atoms with van der Waals surface area (Å²) in [5.41, 5.74) is 2.45. The molecule has 0 bridgehead atoms. The zero-order chi connectivity index (χ0) is 17.9. The minimum atomic E-state index is -0.231. The highest BCUT2D eigenvalue weighted by Crippen LogP contribution is 2.24. The van der Waals surface area contributed by atoms with E-state index in [4.69, 9.17) is 16.3 Å². The monoisotopic (exact) mass is 372 g/mol. The van der Waals surface area contributed by atoms with Crippen LogP contribution in [0.2, 0.25) is 5.02 Å². The number of nitrogens with one attached hydrogen (secondary N) is 1. The number of ether oxygens (including phenoxy) is 1. The molecule has 0 spiro atoms. The first-order chi connectivity index (χ1) is 12.7. The summed E-state index contributed by atoms with van der Waals surface area (Å²) in [7, 11) is 0. The van der Waals surface area contributed by atoms with Crippen LogP contribution in [-0.4, -0.2) is 35.6 Å². The van der Waals surface area contributed by atoms with E-state index in [0.29, 0.717) is 0 Å².